The van der Waals surface area contributed by atoms with Crippen LogP contribution in [0.25, 0.3) is 0 Å². The molecule has 5 rings (SSSR count). The van der Waals surface area contributed by atoms with Gasteiger partial charge in [-0.1, -0.05) is 86.6 Å². The second-order valence-corrected chi connectivity index (χ2v) is 10.0. The highest BCUT2D eigenvalue weighted by Crippen LogP contribution is 2.45. The summed E-state index contributed by atoms with van der Waals surface area (Å²) in [5, 5.41) is 10.1. The van der Waals surface area contributed by atoms with Gasteiger partial charge in [0.15, 0.2) is 0 Å². The topological polar surface area (TPSA) is 26.7 Å². The van der Waals surface area contributed by atoms with Gasteiger partial charge in [0.25, 0.3) is 0 Å². The second kappa shape index (κ2) is 8.73. The minimum atomic E-state index is 0.0674. The van der Waals surface area contributed by atoms with Crippen molar-refractivity contribution >= 4 is 0 Å². The number of benzene rings is 3. The van der Waals surface area contributed by atoms with Crippen molar-refractivity contribution in [3.63, 3.8) is 0 Å². The molecule has 3 nitrogen and oxygen atoms in total. The van der Waals surface area contributed by atoms with Crippen LogP contribution in [-0.4, -0.2) is 40.6 Å². The highest BCUT2D eigenvalue weighted by Gasteiger charge is 2.46. The Balaban J connectivity index is 1.44. The van der Waals surface area contributed by atoms with Gasteiger partial charge in [-0.05, 0) is 46.6 Å². The van der Waals surface area contributed by atoms with E-state index in [0.717, 1.165) is 32.6 Å². The Hall–Kier alpha value is -2.62. The number of nitrogens with zero attached hydrogens (tertiary/aromatic N) is 2. The zero-order chi connectivity index (χ0) is 22.1. The third-order valence-corrected chi connectivity index (χ3v) is 7.98. The van der Waals surface area contributed by atoms with Crippen molar-refractivity contribution in [1.29, 1.82) is 0 Å². The molecule has 32 heavy (non-hydrogen) atoms. The summed E-state index contributed by atoms with van der Waals surface area (Å²) in [5.41, 5.74) is 4.12. The van der Waals surface area contributed by atoms with Gasteiger partial charge >= 0.3 is 0 Å². The summed E-state index contributed by atoms with van der Waals surface area (Å²) in [6.45, 7) is 8.99. The zero-order valence-corrected chi connectivity index (χ0v) is 19.2. The number of fused-ring (bicyclic) bond motifs is 1. The lowest BCUT2D eigenvalue weighted by molar-refractivity contribution is -0.0351. The van der Waals surface area contributed by atoms with Crippen LogP contribution in [-0.2, 0) is 12.0 Å². The molecular weight excluding hydrogens is 392 g/mol. The summed E-state index contributed by atoms with van der Waals surface area (Å²) in [6, 6.07) is 30.7. The molecule has 0 aliphatic carbocycles. The monoisotopic (exact) mass is 426 g/mol. The van der Waals surface area contributed by atoms with Crippen LogP contribution >= 0.6 is 0 Å². The first-order chi connectivity index (χ1) is 15.5. The molecule has 0 unspecified atom stereocenters. The minimum Gasteiger partial charge on any atom is -0.508 e. The maximum Gasteiger partial charge on any atom is 0.115 e. The molecule has 2 heterocycles. The summed E-state index contributed by atoms with van der Waals surface area (Å²) in [7, 11) is 0. The average Bonchev–Trinajstić information content (AvgIpc) is 2.81. The van der Waals surface area contributed by atoms with E-state index in [9.17, 15) is 5.11 Å². The lowest BCUT2D eigenvalue weighted by Crippen LogP contribution is -2.61. The fraction of sp³-hybridized carbons (Fsp3) is 0.379. The van der Waals surface area contributed by atoms with Gasteiger partial charge in [-0.3, -0.25) is 9.80 Å². The van der Waals surface area contributed by atoms with E-state index in [2.05, 4.69) is 90.4 Å². The predicted octanol–water partition coefficient (Wildman–Crippen LogP) is 5.62. The third-order valence-electron chi connectivity index (χ3n) is 7.98. The first kappa shape index (κ1) is 21.2. The molecule has 2 aliphatic rings. The van der Waals surface area contributed by atoms with Crippen molar-refractivity contribution in [3.05, 3.63) is 102 Å². The van der Waals surface area contributed by atoms with Crippen LogP contribution in [0.2, 0.25) is 0 Å². The van der Waals surface area contributed by atoms with Crippen molar-refractivity contribution in [2.75, 3.05) is 19.6 Å². The normalized spacial score (nSPS) is 28.9. The predicted molar refractivity (Wildman–Crippen MR) is 131 cm³/mol. The Morgan fingerprint density at radius 2 is 1.59 bits per heavy atom. The van der Waals surface area contributed by atoms with Crippen molar-refractivity contribution < 1.29 is 5.11 Å². The molecule has 0 amide bonds. The van der Waals surface area contributed by atoms with Gasteiger partial charge < -0.3 is 5.11 Å². The molecular formula is C29H34N2O. The molecule has 3 heteroatoms. The molecule has 3 aromatic rings. The summed E-state index contributed by atoms with van der Waals surface area (Å²) in [6.07, 6.45) is 1.12. The van der Waals surface area contributed by atoms with E-state index < -0.39 is 0 Å². The van der Waals surface area contributed by atoms with E-state index in [0.29, 0.717) is 23.8 Å². The maximum atomic E-state index is 10.1. The SMILES string of the molecule is C[C@H]1CN2C[C@H](c3ccccc3)N(Cc3ccccc3)C[C@H]2C[C@@]1(C)c1cccc(O)c1. The maximum absolute atomic E-state index is 10.1. The Bertz CT molecular complexity index is 1040. The number of piperidine rings is 1. The van der Waals surface area contributed by atoms with E-state index in [4.69, 9.17) is 0 Å². The highest BCUT2D eigenvalue weighted by atomic mass is 16.3. The van der Waals surface area contributed by atoms with Crippen molar-refractivity contribution in [2.45, 2.75) is 44.3 Å². The van der Waals surface area contributed by atoms with Crippen LogP contribution in [0.5, 0.6) is 5.75 Å². The molecule has 1 N–H and O–H groups in total. The number of hydrogen-bond donors (Lipinski definition) is 1. The number of aromatic hydroxyl groups is 1. The van der Waals surface area contributed by atoms with Crippen LogP contribution in [0.1, 0.15) is 43.0 Å². The van der Waals surface area contributed by atoms with Crippen LogP contribution in [0.3, 0.4) is 0 Å². The second-order valence-electron chi connectivity index (χ2n) is 10.0. The molecule has 0 saturated carbocycles. The number of rotatable bonds is 4. The molecule has 4 atom stereocenters. The van der Waals surface area contributed by atoms with Gasteiger partial charge in [-0.15, -0.1) is 0 Å². The third kappa shape index (κ3) is 4.07. The number of piperazine rings is 1. The number of hydrogen-bond acceptors (Lipinski definition) is 3. The molecule has 2 fully saturated rings. The van der Waals surface area contributed by atoms with Crippen LogP contribution in [0.15, 0.2) is 84.9 Å². The van der Waals surface area contributed by atoms with Gasteiger partial charge in [0.05, 0.1) is 0 Å². The van der Waals surface area contributed by atoms with Gasteiger partial charge in [0.2, 0.25) is 0 Å². The van der Waals surface area contributed by atoms with Crippen molar-refractivity contribution in [2.24, 2.45) is 5.92 Å². The van der Waals surface area contributed by atoms with Gasteiger partial charge in [-0.25, -0.2) is 0 Å². The average molecular weight is 427 g/mol. The Labute approximate surface area is 192 Å². The summed E-state index contributed by atoms with van der Waals surface area (Å²) < 4.78 is 0. The first-order valence-corrected chi connectivity index (χ1v) is 11.9. The highest BCUT2D eigenvalue weighted by molar-refractivity contribution is 5.34. The number of phenolic OH excluding ortho intramolecular Hbond substituents is 1. The summed E-state index contributed by atoms with van der Waals surface area (Å²) in [5.74, 6) is 0.898. The van der Waals surface area contributed by atoms with E-state index >= 15 is 0 Å². The molecule has 0 aromatic heterocycles. The Kier molecular flexibility index (Phi) is 5.79. The Morgan fingerprint density at radius 3 is 2.31 bits per heavy atom. The van der Waals surface area contributed by atoms with E-state index in [1.165, 1.54) is 16.7 Å². The fourth-order valence-corrected chi connectivity index (χ4v) is 5.91. The largest absolute Gasteiger partial charge is 0.508 e. The fourth-order valence-electron chi connectivity index (χ4n) is 5.91. The molecule has 0 spiro atoms. The van der Waals surface area contributed by atoms with Crippen molar-refractivity contribution in [1.82, 2.24) is 9.80 Å². The summed E-state index contributed by atoms with van der Waals surface area (Å²) >= 11 is 0. The molecule has 166 valence electrons. The Morgan fingerprint density at radius 1 is 0.875 bits per heavy atom. The van der Waals surface area contributed by atoms with Gasteiger partial charge in [-0.2, -0.15) is 0 Å². The lowest BCUT2D eigenvalue weighted by atomic mass is 9.65. The molecule has 2 saturated heterocycles. The molecule has 2 aliphatic heterocycles. The van der Waals surface area contributed by atoms with Crippen LogP contribution in [0.4, 0.5) is 0 Å². The lowest BCUT2D eigenvalue weighted by Gasteiger charge is -2.55. The quantitative estimate of drug-likeness (QED) is 0.587. The summed E-state index contributed by atoms with van der Waals surface area (Å²) in [4.78, 5) is 5.42. The molecule has 0 bridgehead atoms. The van der Waals surface area contributed by atoms with Gasteiger partial charge in [0.1, 0.15) is 5.75 Å². The van der Waals surface area contributed by atoms with E-state index in [1.54, 1.807) is 6.07 Å². The van der Waals surface area contributed by atoms with E-state index in [-0.39, 0.29) is 5.41 Å². The molecule has 0 radical (unpaired) electrons. The van der Waals surface area contributed by atoms with Gasteiger partial charge in [0, 0.05) is 38.3 Å². The van der Waals surface area contributed by atoms with E-state index in [1.807, 2.05) is 12.1 Å². The molecule has 3 aromatic carbocycles. The first-order valence-electron chi connectivity index (χ1n) is 11.9. The van der Waals surface area contributed by atoms with Crippen molar-refractivity contribution in [3.8, 4) is 5.75 Å². The standard InChI is InChI=1S/C29H34N2O/c1-22-18-30-21-28(24-12-7-4-8-13-24)31(19-23-10-5-3-6-11-23)20-26(30)17-29(22,2)25-14-9-15-27(32)16-25/h3-16,22,26,28,32H,17-21H2,1-2H3/t22-,26+,28+,29+/m0/s1. The number of phenols is 1. The minimum absolute atomic E-state index is 0.0674. The van der Waals surface area contributed by atoms with Crippen LogP contribution in [0, 0.1) is 5.92 Å². The smallest absolute Gasteiger partial charge is 0.115 e. The zero-order valence-electron chi connectivity index (χ0n) is 19.2. The van der Waals surface area contributed by atoms with Crippen LogP contribution < -0.4 is 0 Å².